The van der Waals surface area contributed by atoms with Crippen LogP contribution in [0.15, 0.2) is 4.99 Å². The van der Waals surface area contributed by atoms with Crippen molar-refractivity contribution in [1.29, 1.82) is 5.41 Å². The average Bonchev–Trinajstić information content (AvgIpc) is 2.22. The van der Waals surface area contributed by atoms with Gasteiger partial charge in [0.15, 0.2) is 0 Å². The normalized spacial score (nSPS) is 14.6. The Morgan fingerprint density at radius 1 is 1.33 bits per heavy atom. The summed E-state index contributed by atoms with van der Waals surface area (Å²) >= 11 is 0. The summed E-state index contributed by atoms with van der Waals surface area (Å²) in [5.74, 6) is 0. The molecule has 0 rings (SSSR count). The van der Waals surface area contributed by atoms with Crippen molar-refractivity contribution in [2.75, 3.05) is 27.2 Å². The number of halogens is 1. The second-order valence-corrected chi connectivity index (χ2v) is 5.62. The van der Waals surface area contributed by atoms with Gasteiger partial charge in [-0.1, -0.05) is 20.8 Å². The summed E-state index contributed by atoms with van der Waals surface area (Å²) < 4.78 is 0. The molecule has 3 N–H and O–H groups in total. The van der Waals surface area contributed by atoms with Crippen LogP contribution in [0.4, 0.5) is 0 Å². The number of nitrogens with zero attached hydrogens (tertiary/aromatic N) is 2. The molecule has 0 aliphatic heterocycles. The lowest BCUT2D eigenvalue weighted by atomic mass is 9.68. The van der Waals surface area contributed by atoms with Gasteiger partial charge in [0.25, 0.3) is 0 Å². The van der Waals surface area contributed by atoms with Gasteiger partial charge in [-0.2, -0.15) is 0 Å². The molecule has 1 atom stereocenters. The molecule has 0 spiro atoms. The first-order valence-corrected chi connectivity index (χ1v) is 6.33. The average molecular weight is 277 g/mol. The van der Waals surface area contributed by atoms with E-state index in [0.29, 0.717) is 6.54 Å². The van der Waals surface area contributed by atoms with E-state index in [1.807, 2.05) is 0 Å². The van der Waals surface area contributed by atoms with Crippen molar-refractivity contribution in [3.63, 3.8) is 0 Å². The van der Waals surface area contributed by atoms with Crippen LogP contribution in [0.25, 0.3) is 0 Å². The molecule has 18 heavy (non-hydrogen) atoms. The molecule has 0 saturated carbocycles. The van der Waals surface area contributed by atoms with Crippen LogP contribution in [0.5, 0.6) is 0 Å². The van der Waals surface area contributed by atoms with Gasteiger partial charge in [0.1, 0.15) is 0 Å². The van der Waals surface area contributed by atoms with Gasteiger partial charge in [0.05, 0.1) is 11.5 Å². The molecule has 0 aliphatic carbocycles. The zero-order chi connectivity index (χ0) is 13.5. The quantitative estimate of drug-likeness (QED) is 0.670. The minimum Gasteiger partial charge on any atom is -0.330 e. The minimum absolute atomic E-state index is 0. The summed E-state index contributed by atoms with van der Waals surface area (Å²) in [6.07, 6.45) is 2.78. The SMILES string of the molecule is CCC(CCCN)(N=C=N)C(C)(C)CN(C)C.Cl. The van der Waals surface area contributed by atoms with Crippen molar-refractivity contribution in [2.24, 2.45) is 16.1 Å². The molecule has 0 aliphatic rings. The Hall–Kier alpha value is -0.410. The van der Waals surface area contributed by atoms with E-state index >= 15 is 0 Å². The number of aliphatic imine (C=N–C) groups is 1. The Morgan fingerprint density at radius 2 is 1.89 bits per heavy atom. The molecule has 0 heterocycles. The molecule has 0 radical (unpaired) electrons. The molecule has 108 valence electrons. The first kappa shape index (κ1) is 19.9. The van der Waals surface area contributed by atoms with Crippen molar-refractivity contribution in [3.8, 4) is 0 Å². The molecule has 0 amide bonds. The van der Waals surface area contributed by atoms with Gasteiger partial charge in [-0.3, -0.25) is 0 Å². The third-order valence-corrected chi connectivity index (χ3v) is 3.62. The van der Waals surface area contributed by atoms with Crippen LogP contribution in [0.3, 0.4) is 0 Å². The predicted molar refractivity (Wildman–Crippen MR) is 81.0 cm³/mol. The van der Waals surface area contributed by atoms with E-state index in [2.05, 4.69) is 50.8 Å². The topological polar surface area (TPSA) is 65.5 Å². The van der Waals surface area contributed by atoms with Gasteiger partial charge in [-0.15, -0.1) is 12.4 Å². The van der Waals surface area contributed by atoms with Crippen LogP contribution < -0.4 is 5.73 Å². The van der Waals surface area contributed by atoms with Gasteiger partial charge in [-0.05, 0) is 39.9 Å². The second kappa shape index (κ2) is 8.65. The van der Waals surface area contributed by atoms with E-state index in [0.717, 1.165) is 25.8 Å². The molecule has 5 heteroatoms. The van der Waals surface area contributed by atoms with E-state index in [4.69, 9.17) is 11.1 Å². The van der Waals surface area contributed by atoms with Crippen LogP contribution >= 0.6 is 12.4 Å². The second-order valence-electron chi connectivity index (χ2n) is 5.62. The van der Waals surface area contributed by atoms with Crippen LogP contribution in [0.2, 0.25) is 0 Å². The highest BCUT2D eigenvalue weighted by molar-refractivity contribution is 5.85. The highest BCUT2D eigenvalue weighted by Crippen LogP contribution is 2.41. The predicted octanol–water partition coefficient (Wildman–Crippen LogP) is 2.64. The standard InChI is InChI=1S/C13H28N4.ClH/c1-6-13(16-11-15,8-7-9-14)12(2,3)10-17(4)5;/h15H,6-10,14H2,1-5H3;1H. The van der Waals surface area contributed by atoms with Crippen molar-refractivity contribution >= 4 is 18.4 Å². The molecule has 0 aromatic rings. The molecule has 1 unspecified atom stereocenters. The largest absolute Gasteiger partial charge is 0.330 e. The van der Waals surface area contributed by atoms with E-state index in [1.165, 1.54) is 0 Å². The summed E-state index contributed by atoms with van der Waals surface area (Å²) in [4.78, 5) is 6.54. The Kier molecular flexibility index (Phi) is 9.57. The zero-order valence-electron chi connectivity index (χ0n) is 12.4. The van der Waals surface area contributed by atoms with Gasteiger partial charge >= 0.3 is 0 Å². The maximum Gasteiger partial charge on any atom is 0.0867 e. The van der Waals surface area contributed by atoms with Crippen molar-refractivity contribution in [3.05, 3.63) is 0 Å². The zero-order valence-corrected chi connectivity index (χ0v) is 13.2. The van der Waals surface area contributed by atoms with Gasteiger partial charge < -0.3 is 10.6 Å². The number of hydrogen-bond donors (Lipinski definition) is 2. The molecule has 0 saturated heterocycles. The molecule has 0 aromatic carbocycles. The third-order valence-electron chi connectivity index (χ3n) is 3.62. The smallest absolute Gasteiger partial charge is 0.0867 e. The molecular weight excluding hydrogens is 248 g/mol. The Bertz CT molecular complexity index is 272. The molecular formula is C13H29ClN4. The van der Waals surface area contributed by atoms with Gasteiger partial charge in [0.2, 0.25) is 0 Å². The Labute approximate surface area is 118 Å². The Balaban J connectivity index is 0. The van der Waals surface area contributed by atoms with E-state index in [9.17, 15) is 0 Å². The highest BCUT2D eigenvalue weighted by Gasteiger charge is 2.43. The maximum absolute atomic E-state index is 7.20. The third kappa shape index (κ3) is 5.07. The highest BCUT2D eigenvalue weighted by atomic mass is 35.5. The lowest BCUT2D eigenvalue weighted by molar-refractivity contribution is 0.107. The number of nitrogens with two attached hydrogens (primary N) is 1. The summed E-state index contributed by atoms with van der Waals surface area (Å²) in [5, 5.41) is 7.20. The fourth-order valence-electron chi connectivity index (χ4n) is 2.72. The number of nitrogens with one attached hydrogen (secondary N) is 1. The lowest BCUT2D eigenvalue weighted by Crippen LogP contribution is -2.48. The molecule has 0 aromatic heterocycles. The van der Waals surface area contributed by atoms with Crippen LogP contribution in [0, 0.1) is 10.8 Å². The summed E-state index contributed by atoms with van der Waals surface area (Å²) in [6, 6.07) is 2.26. The summed E-state index contributed by atoms with van der Waals surface area (Å²) in [5.41, 5.74) is 5.40. The van der Waals surface area contributed by atoms with Gasteiger partial charge in [0, 0.05) is 12.0 Å². The summed E-state index contributed by atoms with van der Waals surface area (Å²) in [7, 11) is 4.14. The van der Waals surface area contributed by atoms with Crippen molar-refractivity contribution < 1.29 is 0 Å². The molecule has 0 fully saturated rings. The number of hydrogen-bond acceptors (Lipinski definition) is 4. The van der Waals surface area contributed by atoms with Crippen molar-refractivity contribution in [1.82, 2.24) is 4.90 Å². The monoisotopic (exact) mass is 276 g/mol. The van der Waals surface area contributed by atoms with Crippen LogP contribution in [0.1, 0.15) is 40.0 Å². The lowest BCUT2D eigenvalue weighted by Gasteiger charge is -2.44. The maximum atomic E-state index is 7.20. The van der Waals surface area contributed by atoms with E-state index in [1.54, 1.807) is 0 Å². The van der Waals surface area contributed by atoms with Crippen LogP contribution in [-0.2, 0) is 0 Å². The van der Waals surface area contributed by atoms with Crippen molar-refractivity contribution in [2.45, 2.75) is 45.6 Å². The molecule has 0 bridgehead atoms. The fourth-order valence-corrected chi connectivity index (χ4v) is 2.72. The Morgan fingerprint density at radius 3 is 2.22 bits per heavy atom. The van der Waals surface area contributed by atoms with E-state index in [-0.39, 0.29) is 23.4 Å². The minimum atomic E-state index is -0.224. The molecule has 4 nitrogen and oxygen atoms in total. The summed E-state index contributed by atoms with van der Waals surface area (Å²) in [6.45, 7) is 8.18. The number of rotatable bonds is 8. The first-order chi connectivity index (χ1) is 7.85. The van der Waals surface area contributed by atoms with E-state index < -0.39 is 0 Å². The van der Waals surface area contributed by atoms with Crippen LogP contribution in [-0.4, -0.2) is 43.6 Å². The fraction of sp³-hybridized carbons (Fsp3) is 0.923. The van der Waals surface area contributed by atoms with Gasteiger partial charge in [-0.25, -0.2) is 10.4 Å². The first-order valence-electron chi connectivity index (χ1n) is 6.33.